The lowest BCUT2D eigenvalue weighted by molar-refractivity contribution is 0.108. The van der Waals surface area contributed by atoms with Crippen LogP contribution in [0.25, 0.3) is 33.1 Å². The number of halogens is 1. The third-order valence-electron chi connectivity index (χ3n) is 9.32. The highest BCUT2D eigenvalue weighted by Gasteiger charge is 2.45. The molecule has 4 fully saturated rings. The lowest BCUT2D eigenvalue weighted by Gasteiger charge is -2.31. The van der Waals surface area contributed by atoms with E-state index in [0.717, 1.165) is 55.2 Å². The number of pyridine rings is 1. The van der Waals surface area contributed by atoms with Crippen molar-refractivity contribution in [2.75, 3.05) is 44.3 Å². The molecular weight excluding hydrogens is 575 g/mol. The summed E-state index contributed by atoms with van der Waals surface area (Å²) in [5.41, 5.74) is 2.78. The Kier molecular flexibility index (Phi) is 8.15. The Morgan fingerprint density at radius 2 is 1.89 bits per heavy atom. The van der Waals surface area contributed by atoms with Gasteiger partial charge in [0.25, 0.3) is 0 Å². The van der Waals surface area contributed by atoms with Crippen LogP contribution in [0.4, 0.5) is 15.0 Å². The average molecular weight is 617 g/mol. The van der Waals surface area contributed by atoms with Gasteiger partial charge in [0.1, 0.15) is 23.6 Å². The number of nitrogens with zero attached hydrogens (tertiary/aromatic N) is 6. The largest absolute Gasteiger partial charge is 0.461 e. The van der Waals surface area contributed by atoms with Crippen LogP contribution in [0.3, 0.4) is 0 Å². The van der Waals surface area contributed by atoms with Gasteiger partial charge in [0, 0.05) is 30.2 Å². The first-order chi connectivity index (χ1) is 21.9. The van der Waals surface area contributed by atoms with Gasteiger partial charge in [-0.3, -0.25) is 15.0 Å². The second-order valence-corrected chi connectivity index (χ2v) is 12.7. The molecule has 45 heavy (non-hydrogen) atoms. The second kappa shape index (κ2) is 12.4. The lowest BCUT2D eigenvalue weighted by Crippen LogP contribution is -2.43. The molecule has 11 nitrogen and oxygen atoms in total. The molecule has 1 unspecified atom stereocenters. The van der Waals surface area contributed by atoms with E-state index in [-0.39, 0.29) is 28.8 Å². The molecule has 3 aliphatic heterocycles. The van der Waals surface area contributed by atoms with Crippen LogP contribution in [-0.4, -0.2) is 87.1 Å². The van der Waals surface area contributed by atoms with E-state index in [1.54, 1.807) is 19.3 Å². The summed E-state index contributed by atoms with van der Waals surface area (Å²) in [4.78, 5) is 30.6. The number of aryl methyl sites for hydroxylation is 1. The van der Waals surface area contributed by atoms with Gasteiger partial charge in [-0.05, 0) is 76.7 Å². The van der Waals surface area contributed by atoms with Gasteiger partial charge in [-0.25, -0.2) is 9.18 Å². The summed E-state index contributed by atoms with van der Waals surface area (Å²) in [6, 6.07) is 3.91. The molecule has 3 aromatic heterocycles. The van der Waals surface area contributed by atoms with Crippen molar-refractivity contribution < 1.29 is 18.7 Å². The number of ether oxygens (including phenoxy) is 2. The number of H-pyrrole nitrogens is 1. The van der Waals surface area contributed by atoms with Crippen LogP contribution in [0.15, 0.2) is 24.5 Å². The van der Waals surface area contributed by atoms with Gasteiger partial charge in [-0.2, -0.15) is 15.1 Å². The monoisotopic (exact) mass is 616 g/mol. The molecule has 6 heterocycles. The molecule has 4 aromatic rings. The minimum Gasteiger partial charge on any atom is -0.461 e. The fourth-order valence-electron chi connectivity index (χ4n) is 6.98. The van der Waals surface area contributed by atoms with Crippen molar-refractivity contribution in [1.82, 2.24) is 35.4 Å². The number of aromatic nitrogens is 5. The minimum absolute atomic E-state index is 0.00280. The Morgan fingerprint density at radius 3 is 2.64 bits per heavy atom. The number of rotatable bonds is 7. The topological polar surface area (TPSA) is 121 Å². The summed E-state index contributed by atoms with van der Waals surface area (Å²) in [5.74, 6) is 0.0158. The Labute approximate surface area is 261 Å². The molecule has 1 aliphatic carbocycles. The van der Waals surface area contributed by atoms with Gasteiger partial charge in [0.2, 0.25) is 0 Å². The molecule has 1 amide bonds. The Hall–Kier alpha value is -4.06. The predicted octanol–water partition coefficient (Wildman–Crippen LogP) is 5.52. The standard InChI is InChI=1S/C30H35FN8O3.C3H6/c1-3-41-29(40)34-19-6-11-38(16-19)27-22-14-32-25(20-12-18(2)13-23-21(20)15-33-37-23)24(31)26(22)35-28(36-27)42-17-30-7-4-9-39(30)10-5-8-30;1-2-3-1/h12-15,19H,3-11,16-17H2,1-2H3,(H,33,37)(H,34,40);1-3H2. The fraction of sp³-hybridized carbons (Fsp3) is 0.545. The number of hydrogen-bond donors (Lipinski definition) is 2. The molecule has 0 spiro atoms. The van der Waals surface area contributed by atoms with Crippen molar-refractivity contribution >= 4 is 33.7 Å². The highest BCUT2D eigenvalue weighted by molar-refractivity contribution is 5.98. The Balaban J connectivity index is 0.00000102. The maximum atomic E-state index is 16.5. The summed E-state index contributed by atoms with van der Waals surface area (Å²) in [6.07, 6.45) is 12.5. The quantitative estimate of drug-likeness (QED) is 0.277. The van der Waals surface area contributed by atoms with E-state index in [1.165, 1.54) is 19.3 Å². The number of aromatic amines is 1. The number of nitrogens with one attached hydrogen (secondary N) is 2. The van der Waals surface area contributed by atoms with Gasteiger partial charge in [0.05, 0.1) is 35.3 Å². The molecular formula is C33H41FN8O3. The Morgan fingerprint density at radius 1 is 1.09 bits per heavy atom. The van der Waals surface area contributed by atoms with Crippen molar-refractivity contribution in [1.29, 1.82) is 0 Å². The molecule has 238 valence electrons. The van der Waals surface area contributed by atoms with E-state index in [4.69, 9.17) is 14.5 Å². The molecule has 4 aliphatic rings. The van der Waals surface area contributed by atoms with Crippen molar-refractivity contribution in [2.45, 2.75) is 76.8 Å². The first-order valence-corrected chi connectivity index (χ1v) is 16.3. The molecule has 12 heteroatoms. The Bertz CT molecular complexity index is 1700. The summed E-state index contributed by atoms with van der Waals surface area (Å²) < 4.78 is 27.9. The predicted molar refractivity (Wildman–Crippen MR) is 170 cm³/mol. The zero-order valence-corrected chi connectivity index (χ0v) is 26.1. The van der Waals surface area contributed by atoms with E-state index in [9.17, 15) is 4.79 Å². The number of fused-ring (bicyclic) bond motifs is 3. The number of hydrogen-bond acceptors (Lipinski definition) is 9. The average Bonchev–Trinajstić information content (AvgIpc) is 3.36. The van der Waals surface area contributed by atoms with E-state index in [1.807, 2.05) is 24.0 Å². The number of carbonyl (C=O) groups excluding carboxylic acids is 1. The van der Waals surface area contributed by atoms with Gasteiger partial charge in [-0.1, -0.05) is 19.3 Å². The van der Waals surface area contributed by atoms with E-state index < -0.39 is 11.9 Å². The summed E-state index contributed by atoms with van der Waals surface area (Å²) >= 11 is 0. The van der Waals surface area contributed by atoms with E-state index in [2.05, 4.69) is 30.4 Å². The third kappa shape index (κ3) is 5.99. The fourth-order valence-corrected chi connectivity index (χ4v) is 6.98. The first kappa shape index (κ1) is 29.6. The number of alkyl carbamates (subject to hydrolysis) is 1. The van der Waals surface area contributed by atoms with Crippen molar-refractivity contribution in [3.63, 3.8) is 0 Å². The van der Waals surface area contributed by atoms with Crippen molar-refractivity contribution in [3.05, 3.63) is 35.9 Å². The van der Waals surface area contributed by atoms with E-state index in [0.29, 0.717) is 49.5 Å². The highest BCUT2D eigenvalue weighted by atomic mass is 19.1. The van der Waals surface area contributed by atoms with Gasteiger partial charge in [0.15, 0.2) is 5.82 Å². The normalized spacial score (nSPS) is 20.2. The van der Waals surface area contributed by atoms with Crippen LogP contribution in [0.2, 0.25) is 0 Å². The SMILES string of the molecule is C1CC1.CCOC(=O)NC1CCN(c2nc(OCC34CCCN3CCC4)nc3c(F)c(-c4cc(C)cc5[nH]ncc45)ncc23)C1. The van der Waals surface area contributed by atoms with Crippen LogP contribution in [0, 0.1) is 12.7 Å². The number of amides is 1. The maximum Gasteiger partial charge on any atom is 0.407 e. The van der Waals surface area contributed by atoms with Gasteiger partial charge >= 0.3 is 12.1 Å². The summed E-state index contributed by atoms with van der Waals surface area (Å²) in [7, 11) is 0. The number of benzene rings is 1. The highest BCUT2D eigenvalue weighted by Crippen LogP contribution is 2.40. The van der Waals surface area contributed by atoms with Crippen molar-refractivity contribution in [3.8, 4) is 17.3 Å². The van der Waals surface area contributed by atoms with Gasteiger partial charge < -0.3 is 19.7 Å². The smallest absolute Gasteiger partial charge is 0.407 e. The molecule has 0 radical (unpaired) electrons. The first-order valence-electron chi connectivity index (χ1n) is 16.3. The summed E-state index contributed by atoms with van der Waals surface area (Å²) in [5, 5.41) is 11.3. The number of carbonyl (C=O) groups is 1. The molecule has 1 saturated carbocycles. The van der Waals surface area contributed by atoms with Crippen LogP contribution < -0.4 is 15.0 Å². The maximum absolute atomic E-state index is 16.5. The molecule has 8 rings (SSSR count). The van der Waals surface area contributed by atoms with Crippen molar-refractivity contribution in [2.24, 2.45) is 0 Å². The molecule has 0 bridgehead atoms. The van der Waals surface area contributed by atoms with Gasteiger partial charge in [-0.15, -0.1) is 0 Å². The zero-order chi connectivity index (χ0) is 31.0. The number of anilines is 1. The van der Waals surface area contributed by atoms with E-state index >= 15 is 4.39 Å². The van der Waals surface area contributed by atoms with Crippen LogP contribution in [0.1, 0.15) is 63.9 Å². The molecule has 2 N–H and O–H groups in total. The molecule has 3 saturated heterocycles. The van der Waals surface area contributed by atoms with Crippen LogP contribution in [0.5, 0.6) is 6.01 Å². The molecule has 1 aromatic carbocycles. The minimum atomic E-state index is -0.531. The second-order valence-electron chi connectivity index (χ2n) is 12.7. The zero-order valence-electron chi connectivity index (χ0n) is 26.1. The molecule has 1 atom stereocenters. The van der Waals surface area contributed by atoms with Crippen LogP contribution >= 0.6 is 0 Å². The third-order valence-corrected chi connectivity index (χ3v) is 9.32. The van der Waals surface area contributed by atoms with Crippen LogP contribution in [-0.2, 0) is 4.74 Å². The lowest BCUT2D eigenvalue weighted by atomic mass is 9.95. The summed E-state index contributed by atoms with van der Waals surface area (Å²) in [6.45, 7) is 7.79.